The van der Waals surface area contributed by atoms with Crippen LogP contribution in [0.3, 0.4) is 0 Å². The number of nitrogens with zero attached hydrogens (tertiary/aromatic N) is 4. The van der Waals surface area contributed by atoms with Gasteiger partial charge in [-0.15, -0.1) is 11.3 Å². The van der Waals surface area contributed by atoms with Gasteiger partial charge in [0.15, 0.2) is 11.6 Å². The molecule has 0 aliphatic rings. The lowest BCUT2D eigenvalue weighted by molar-refractivity contribution is 0.0747. The minimum Gasteiger partial charge on any atom is -0.380 e. The number of anilines is 1. The molecular weight excluding hydrogens is 670 g/mol. The van der Waals surface area contributed by atoms with Crippen molar-refractivity contribution in [1.29, 1.82) is 5.26 Å². The number of aromatic nitrogens is 3. The normalized spacial score (nSPS) is 11.5. The van der Waals surface area contributed by atoms with E-state index >= 15 is 0 Å². The molecule has 10 nitrogen and oxygen atoms in total. The zero-order valence-corrected chi connectivity index (χ0v) is 27.3. The zero-order valence-electron chi connectivity index (χ0n) is 24.9. The number of pyridine rings is 1. The molecule has 6 aromatic rings. The number of Topliss-reactive ketones (excluding diaryl/α,β-unsaturated/α-hetero) is 2. The van der Waals surface area contributed by atoms with Gasteiger partial charge >= 0.3 is 0 Å². The highest BCUT2D eigenvalue weighted by Crippen LogP contribution is 2.26. The SMILES string of the molecule is N#Cc1ccc(-c2cc(NCc3ccc(Cl)s3)n(C(=O)c3ccc(C(O)C(=O)c4ccccc4)cc3)n2)c(=O)n1CC(=O)c1ccsc1. The van der Waals surface area contributed by atoms with Crippen LogP contribution in [0.2, 0.25) is 4.34 Å². The lowest BCUT2D eigenvalue weighted by atomic mass is 9.99. The number of ketones is 2. The predicted octanol–water partition coefficient (Wildman–Crippen LogP) is 6.46. The Morgan fingerprint density at radius 1 is 0.958 bits per heavy atom. The van der Waals surface area contributed by atoms with Crippen LogP contribution in [0, 0.1) is 11.3 Å². The molecule has 2 aromatic carbocycles. The number of aliphatic hydroxyl groups is 1. The summed E-state index contributed by atoms with van der Waals surface area (Å²) in [5.41, 5.74) is 0.907. The number of nitriles is 1. The maximum Gasteiger partial charge on any atom is 0.280 e. The van der Waals surface area contributed by atoms with E-state index in [1.54, 1.807) is 53.2 Å². The molecule has 0 radical (unpaired) electrons. The molecule has 4 heterocycles. The van der Waals surface area contributed by atoms with Crippen LogP contribution >= 0.6 is 34.3 Å². The Kier molecular flexibility index (Phi) is 9.56. The van der Waals surface area contributed by atoms with Crippen molar-refractivity contribution in [2.24, 2.45) is 0 Å². The summed E-state index contributed by atoms with van der Waals surface area (Å²) in [5, 5.41) is 31.5. The monoisotopic (exact) mass is 693 g/mol. The van der Waals surface area contributed by atoms with Crippen molar-refractivity contribution in [3.8, 4) is 17.3 Å². The number of halogens is 1. The first-order valence-corrected chi connectivity index (χ1v) is 16.6. The summed E-state index contributed by atoms with van der Waals surface area (Å²) in [6.45, 7) is -0.0452. The summed E-state index contributed by atoms with van der Waals surface area (Å²) in [6, 6.07) is 26.0. The largest absolute Gasteiger partial charge is 0.380 e. The Balaban J connectivity index is 1.33. The van der Waals surface area contributed by atoms with E-state index in [0.717, 1.165) is 14.1 Å². The molecular formula is C35H24ClN5O5S2. The molecule has 0 aliphatic carbocycles. The maximum atomic E-state index is 13.8. The van der Waals surface area contributed by atoms with E-state index in [2.05, 4.69) is 10.4 Å². The molecule has 6 rings (SSSR count). The number of benzene rings is 2. The van der Waals surface area contributed by atoms with Crippen molar-refractivity contribution >= 4 is 57.6 Å². The first kappa shape index (κ1) is 32.5. The van der Waals surface area contributed by atoms with Crippen LogP contribution in [0.4, 0.5) is 5.82 Å². The van der Waals surface area contributed by atoms with Gasteiger partial charge in [0.2, 0.25) is 0 Å². The van der Waals surface area contributed by atoms with Crippen molar-refractivity contribution < 1.29 is 19.5 Å². The standard InChI is InChI=1S/C35H24ClN5O5S2/c36-30-13-11-26(48-30)18-38-31-16-28(27-12-10-25(17-37)40(35(27)46)19-29(42)24-14-15-47-20-24)39-41(31)34(45)23-8-6-22(7-9-23)33(44)32(43)21-4-2-1-3-5-21/h1-16,20,33,38,44H,18-19H2. The number of hydrogen-bond acceptors (Lipinski definition) is 10. The number of nitrogens with one attached hydrogen (secondary N) is 1. The highest BCUT2D eigenvalue weighted by Gasteiger charge is 2.23. The van der Waals surface area contributed by atoms with E-state index in [9.17, 15) is 29.5 Å². The van der Waals surface area contributed by atoms with Gasteiger partial charge in [0, 0.05) is 33.0 Å². The second-order valence-electron chi connectivity index (χ2n) is 10.5. The molecule has 0 amide bonds. The number of carbonyl (C=O) groups excluding carboxylic acids is 3. The molecule has 48 heavy (non-hydrogen) atoms. The van der Waals surface area contributed by atoms with Crippen LogP contribution < -0.4 is 10.9 Å². The lowest BCUT2D eigenvalue weighted by Crippen LogP contribution is -2.27. The maximum absolute atomic E-state index is 13.8. The average Bonchev–Trinajstić information content (AvgIpc) is 3.89. The van der Waals surface area contributed by atoms with E-state index < -0.39 is 23.4 Å². The number of thiophene rings is 2. The summed E-state index contributed by atoms with van der Waals surface area (Å²) in [7, 11) is 0. The van der Waals surface area contributed by atoms with Crippen molar-refractivity contribution in [3.63, 3.8) is 0 Å². The van der Waals surface area contributed by atoms with Gasteiger partial charge < -0.3 is 10.4 Å². The van der Waals surface area contributed by atoms with Gasteiger partial charge in [0.05, 0.1) is 23.0 Å². The number of carbonyl (C=O) groups is 3. The minimum atomic E-state index is -1.42. The fourth-order valence-electron chi connectivity index (χ4n) is 4.95. The van der Waals surface area contributed by atoms with Crippen molar-refractivity contribution in [2.75, 3.05) is 5.32 Å². The molecule has 4 aromatic heterocycles. The second-order valence-corrected chi connectivity index (χ2v) is 13.1. The summed E-state index contributed by atoms with van der Waals surface area (Å²) in [5.74, 6) is -1.09. The molecule has 238 valence electrons. The Labute approximate surface area is 286 Å². The zero-order chi connectivity index (χ0) is 33.8. The first-order chi connectivity index (χ1) is 23.2. The van der Waals surface area contributed by atoms with Gasteiger partial charge in [-0.05, 0) is 53.4 Å². The van der Waals surface area contributed by atoms with Crippen molar-refractivity contribution in [2.45, 2.75) is 19.2 Å². The van der Waals surface area contributed by atoms with Gasteiger partial charge in [-0.1, -0.05) is 54.1 Å². The van der Waals surface area contributed by atoms with E-state index in [4.69, 9.17) is 11.6 Å². The molecule has 13 heteroatoms. The van der Waals surface area contributed by atoms with Crippen LogP contribution in [-0.2, 0) is 13.1 Å². The highest BCUT2D eigenvalue weighted by atomic mass is 35.5. The molecule has 1 unspecified atom stereocenters. The van der Waals surface area contributed by atoms with Crippen LogP contribution in [0.15, 0.2) is 107 Å². The topological polar surface area (TPSA) is 147 Å². The molecule has 2 N–H and O–H groups in total. The Hall–Kier alpha value is -5.45. The van der Waals surface area contributed by atoms with Gasteiger partial charge in [0.25, 0.3) is 11.5 Å². The van der Waals surface area contributed by atoms with Gasteiger partial charge in [0.1, 0.15) is 29.4 Å². The Morgan fingerprint density at radius 3 is 2.40 bits per heavy atom. The van der Waals surface area contributed by atoms with Gasteiger partial charge in [-0.3, -0.25) is 23.7 Å². The Bertz CT molecular complexity index is 2230. The van der Waals surface area contributed by atoms with Crippen LogP contribution in [0.25, 0.3) is 11.3 Å². The molecule has 0 bridgehead atoms. The quantitative estimate of drug-likeness (QED) is 0.147. The summed E-state index contributed by atoms with van der Waals surface area (Å²) in [4.78, 5) is 54.0. The van der Waals surface area contributed by atoms with Crippen molar-refractivity contribution in [1.82, 2.24) is 14.3 Å². The third kappa shape index (κ3) is 6.80. The van der Waals surface area contributed by atoms with Crippen LogP contribution in [0.1, 0.15) is 53.3 Å². The van der Waals surface area contributed by atoms with E-state index in [1.165, 1.54) is 65.1 Å². The Morgan fingerprint density at radius 2 is 1.73 bits per heavy atom. The number of aliphatic hydroxyl groups excluding tert-OH is 1. The first-order valence-electron chi connectivity index (χ1n) is 14.4. The smallest absolute Gasteiger partial charge is 0.280 e. The summed E-state index contributed by atoms with van der Waals surface area (Å²) < 4.78 is 2.81. The average molecular weight is 694 g/mol. The number of rotatable bonds is 11. The van der Waals surface area contributed by atoms with Crippen LogP contribution in [-0.4, -0.2) is 36.9 Å². The number of hydrogen-bond donors (Lipinski definition) is 2. The lowest BCUT2D eigenvalue weighted by Gasteiger charge is -2.12. The molecule has 0 aliphatic heterocycles. The second kappa shape index (κ2) is 14.1. The van der Waals surface area contributed by atoms with Crippen LogP contribution in [0.5, 0.6) is 0 Å². The third-order valence-electron chi connectivity index (χ3n) is 7.46. The molecule has 0 spiro atoms. The molecule has 0 saturated carbocycles. The molecule has 1 atom stereocenters. The minimum absolute atomic E-state index is 0.00350. The van der Waals surface area contributed by atoms with Crippen molar-refractivity contribution in [3.05, 3.63) is 149 Å². The molecule has 0 saturated heterocycles. The fourth-order valence-corrected chi connectivity index (χ4v) is 6.63. The van der Waals surface area contributed by atoms with E-state index in [-0.39, 0.29) is 40.7 Å². The summed E-state index contributed by atoms with van der Waals surface area (Å²) >= 11 is 8.81. The van der Waals surface area contributed by atoms with Gasteiger partial charge in [-0.25, -0.2) is 0 Å². The highest BCUT2D eigenvalue weighted by molar-refractivity contribution is 7.16. The van der Waals surface area contributed by atoms with Gasteiger partial charge in [-0.2, -0.15) is 26.4 Å². The predicted molar refractivity (Wildman–Crippen MR) is 184 cm³/mol. The fraction of sp³-hybridized carbons (Fsp3) is 0.0857. The molecule has 0 fully saturated rings. The van der Waals surface area contributed by atoms with E-state index in [0.29, 0.717) is 27.6 Å². The van der Waals surface area contributed by atoms with E-state index in [1.807, 2.05) is 12.1 Å². The third-order valence-corrected chi connectivity index (χ3v) is 9.38. The summed E-state index contributed by atoms with van der Waals surface area (Å²) in [6.07, 6.45) is -1.42.